The van der Waals surface area contributed by atoms with E-state index in [2.05, 4.69) is 20.6 Å². The molecule has 0 aliphatic heterocycles. The van der Waals surface area contributed by atoms with E-state index >= 15 is 0 Å². The minimum absolute atomic E-state index is 0.148. The summed E-state index contributed by atoms with van der Waals surface area (Å²) in [6, 6.07) is 20.0. The maximum atomic E-state index is 12.5. The number of aromatic nitrogens is 2. The van der Waals surface area contributed by atoms with E-state index in [0.717, 1.165) is 34.3 Å². The van der Waals surface area contributed by atoms with Crippen LogP contribution in [-0.2, 0) is 11.2 Å². The van der Waals surface area contributed by atoms with Gasteiger partial charge in [0.25, 0.3) is 5.91 Å². The van der Waals surface area contributed by atoms with Crippen molar-refractivity contribution in [2.75, 3.05) is 11.9 Å². The van der Waals surface area contributed by atoms with Crippen molar-refractivity contribution >= 4 is 40.1 Å². The van der Waals surface area contributed by atoms with Gasteiger partial charge in [-0.2, -0.15) is 0 Å². The molecule has 2 N–H and O–H groups in total. The number of nitrogens with zero attached hydrogens (tertiary/aromatic N) is 2. The van der Waals surface area contributed by atoms with Crippen LogP contribution in [0, 0.1) is 0 Å². The number of halogens is 1. The third-order valence-corrected chi connectivity index (χ3v) is 5.28. The van der Waals surface area contributed by atoms with Gasteiger partial charge in [0.15, 0.2) is 0 Å². The highest BCUT2D eigenvalue weighted by atomic mass is 35.5. The summed E-state index contributed by atoms with van der Waals surface area (Å²) in [5.41, 5.74) is 5.31. The smallest absolute Gasteiger partial charge is 0.251 e. The molecule has 0 unspecified atom stereocenters. The normalized spacial score (nSPS) is 10.7. The lowest BCUT2D eigenvalue weighted by atomic mass is 10.0. The van der Waals surface area contributed by atoms with Gasteiger partial charge in [-0.1, -0.05) is 42.8 Å². The maximum absolute atomic E-state index is 12.5. The number of rotatable bonds is 6. The molecule has 0 spiro atoms. The first-order valence-electron chi connectivity index (χ1n) is 10.2. The zero-order valence-corrected chi connectivity index (χ0v) is 18.2. The Kier molecular flexibility index (Phi) is 6.42. The summed E-state index contributed by atoms with van der Waals surface area (Å²) >= 11 is 5.84. The number of anilines is 1. The topological polar surface area (TPSA) is 84.0 Å². The van der Waals surface area contributed by atoms with Gasteiger partial charge >= 0.3 is 0 Å². The summed E-state index contributed by atoms with van der Waals surface area (Å²) in [6.07, 6.45) is 2.47. The molecule has 160 valence electrons. The average molecular weight is 445 g/mol. The molecule has 0 aliphatic carbocycles. The fourth-order valence-corrected chi connectivity index (χ4v) is 3.44. The van der Waals surface area contributed by atoms with E-state index in [1.54, 1.807) is 30.5 Å². The number of hydrogen-bond donors (Lipinski definition) is 2. The van der Waals surface area contributed by atoms with Crippen LogP contribution in [0.2, 0.25) is 5.02 Å². The van der Waals surface area contributed by atoms with E-state index in [0.29, 0.717) is 16.3 Å². The number of fused-ring (bicyclic) bond motifs is 1. The Morgan fingerprint density at radius 2 is 1.72 bits per heavy atom. The maximum Gasteiger partial charge on any atom is 0.251 e. The highest BCUT2D eigenvalue weighted by Gasteiger charge is 2.12. The van der Waals surface area contributed by atoms with Gasteiger partial charge in [0.05, 0.1) is 29.5 Å². The molecular formula is C25H21ClN4O2. The highest BCUT2D eigenvalue weighted by molar-refractivity contribution is 6.30. The third kappa shape index (κ3) is 4.92. The van der Waals surface area contributed by atoms with Crippen LogP contribution in [0.15, 0.2) is 72.9 Å². The summed E-state index contributed by atoms with van der Waals surface area (Å²) in [6.45, 7) is 1.87. The van der Waals surface area contributed by atoms with Crippen LogP contribution in [0.4, 0.5) is 5.69 Å². The molecule has 32 heavy (non-hydrogen) atoms. The number of para-hydroxylation sites is 2. The summed E-state index contributed by atoms with van der Waals surface area (Å²) in [5, 5.41) is 6.07. The van der Waals surface area contributed by atoms with Gasteiger partial charge < -0.3 is 10.6 Å². The van der Waals surface area contributed by atoms with E-state index in [9.17, 15) is 9.59 Å². The molecule has 4 rings (SSSR count). The molecule has 4 aromatic rings. The molecule has 0 saturated carbocycles. The lowest BCUT2D eigenvalue weighted by Crippen LogP contribution is -2.33. The first-order valence-corrected chi connectivity index (χ1v) is 10.6. The predicted molar refractivity (Wildman–Crippen MR) is 127 cm³/mol. The summed E-state index contributed by atoms with van der Waals surface area (Å²) in [5.74, 6) is -0.656. The third-order valence-electron chi connectivity index (χ3n) is 5.03. The van der Waals surface area contributed by atoms with Gasteiger partial charge in [-0.25, -0.2) is 4.98 Å². The zero-order valence-electron chi connectivity index (χ0n) is 17.4. The van der Waals surface area contributed by atoms with Crippen LogP contribution < -0.4 is 10.6 Å². The molecule has 1 heterocycles. The van der Waals surface area contributed by atoms with Crippen molar-refractivity contribution in [3.05, 3.63) is 89.1 Å². The second-order valence-electron chi connectivity index (χ2n) is 7.21. The second kappa shape index (κ2) is 9.58. The Balaban J connectivity index is 1.49. The molecule has 7 heteroatoms. The molecule has 0 aliphatic rings. The largest absolute Gasteiger partial charge is 0.343 e. The van der Waals surface area contributed by atoms with Crippen LogP contribution in [0.3, 0.4) is 0 Å². The summed E-state index contributed by atoms with van der Waals surface area (Å²) in [4.78, 5) is 33.9. The van der Waals surface area contributed by atoms with Crippen LogP contribution in [0.5, 0.6) is 0 Å². The number of hydrogen-bond acceptors (Lipinski definition) is 4. The minimum Gasteiger partial charge on any atom is -0.343 e. The monoisotopic (exact) mass is 444 g/mol. The van der Waals surface area contributed by atoms with Crippen molar-refractivity contribution in [2.24, 2.45) is 0 Å². The van der Waals surface area contributed by atoms with Crippen LogP contribution in [0.1, 0.15) is 22.8 Å². The number of amides is 2. The standard InChI is InChI=1S/C25H21ClN4O2/c1-2-16-7-8-18(23-14-27-20-5-3-4-6-21(20)29-23)13-22(16)30-24(31)15-28-25(32)17-9-11-19(26)12-10-17/h3-14H,2,15H2,1H3,(H,28,32)(H,30,31). The van der Waals surface area contributed by atoms with Crippen molar-refractivity contribution < 1.29 is 9.59 Å². The van der Waals surface area contributed by atoms with Gasteiger partial charge in [-0.15, -0.1) is 0 Å². The fraction of sp³-hybridized carbons (Fsp3) is 0.120. The lowest BCUT2D eigenvalue weighted by Gasteiger charge is -2.13. The van der Waals surface area contributed by atoms with E-state index in [1.165, 1.54) is 0 Å². The van der Waals surface area contributed by atoms with Gasteiger partial charge in [-0.05, 0) is 54.4 Å². The number of benzene rings is 3. The second-order valence-corrected chi connectivity index (χ2v) is 7.64. The summed E-state index contributed by atoms with van der Waals surface area (Å²) in [7, 11) is 0. The SMILES string of the molecule is CCc1ccc(-c2cnc3ccccc3n2)cc1NC(=O)CNC(=O)c1ccc(Cl)cc1. The van der Waals surface area contributed by atoms with Crippen molar-refractivity contribution in [1.82, 2.24) is 15.3 Å². The predicted octanol–water partition coefficient (Wildman–Crippen LogP) is 4.88. The van der Waals surface area contributed by atoms with E-state index < -0.39 is 0 Å². The van der Waals surface area contributed by atoms with Crippen molar-refractivity contribution in [2.45, 2.75) is 13.3 Å². The van der Waals surface area contributed by atoms with Gasteiger partial charge in [0.1, 0.15) is 0 Å². The van der Waals surface area contributed by atoms with Gasteiger partial charge in [0, 0.05) is 21.8 Å². The highest BCUT2D eigenvalue weighted by Crippen LogP contribution is 2.26. The van der Waals surface area contributed by atoms with E-state index in [1.807, 2.05) is 49.4 Å². The molecule has 1 aromatic heterocycles. The average Bonchev–Trinajstić information content (AvgIpc) is 2.82. The minimum atomic E-state index is -0.340. The molecule has 0 fully saturated rings. The molecule has 6 nitrogen and oxygen atoms in total. The van der Waals surface area contributed by atoms with Crippen molar-refractivity contribution in [3.63, 3.8) is 0 Å². The lowest BCUT2D eigenvalue weighted by molar-refractivity contribution is -0.115. The molecule has 0 bridgehead atoms. The zero-order chi connectivity index (χ0) is 22.5. The number of carbonyl (C=O) groups excluding carboxylic acids is 2. The first kappa shape index (κ1) is 21.5. The van der Waals surface area contributed by atoms with Crippen molar-refractivity contribution in [3.8, 4) is 11.3 Å². The Bertz CT molecular complexity index is 1290. The Morgan fingerprint density at radius 1 is 0.969 bits per heavy atom. The molecule has 0 radical (unpaired) electrons. The molecule has 0 saturated heterocycles. The van der Waals surface area contributed by atoms with Gasteiger partial charge in [0.2, 0.25) is 5.91 Å². The summed E-state index contributed by atoms with van der Waals surface area (Å²) < 4.78 is 0. The van der Waals surface area contributed by atoms with Gasteiger partial charge in [-0.3, -0.25) is 14.6 Å². The number of aryl methyl sites for hydroxylation is 1. The fourth-order valence-electron chi connectivity index (χ4n) is 3.32. The molecular weight excluding hydrogens is 424 g/mol. The van der Waals surface area contributed by atoms with Crippen LogP contribution in [-0.4, -0.2) is 28.3 Å². The Morgan fingerprint density at radius 3 is 2.47 bits per heavy atom. The van der Waals surface area contributed by atoms with Crippen LogP contribution >= 0.6 is 11.6 Å². The van der Waals surface area contributed by atoms with Crippen LogP contribution in [0.25, 0.3) is 22.3 Å². The number of nitrogens with one attached hydrogen (secondary N) is 2. The van der Waals surface area contributed by atoms with E-state index in [4.69, 9.17) is 11.6 Å². The molecule has 2 amide bonds. The van der Waals surface area contributed by atoms with E-state index in [-0.39, 0.29) is 18.4 Å². The van der Waals surface area contributed by atoms with Crippen molar-refractivity contribution in [1.29, 1.82) is 0 Å². The first-order chi connectivity index (χ1) is 15.5. The Hall–Kier alpha value is -3.77. The molecule has 3 aromatic carbocycles. The molecule has 0 atom stereocenters. The quantitative estimate of drug-likeness (QED) is 0.444. The Labute approximate surface area is 190 Å². The number of carbonyl (C=O) groups is 2.